The summed E-state index contributed by atoms with van der Waals surface area (Å²) in [6.45, 7) is 2.79. The zero-order valence-corrected chi connectivity index (χ0v) is 10.3. The second-order valence-corrected chi connectivity index (χ2v) is 4.55. The van der Waals surface area contributed by atoms with Crippen molar-refractivity contribution in [2.24, 2.45) is 0 Å². The fraction of sp³-hybridized carbons (Fsp3) is 0.923. The zero-order valence-electron chi connectivity index (χ0n) is 10.3. The molecule has 3 heteroatoms. The molecule has 3 nitrogen and oxygen atoms in total. The van der Waals surface area contributed by atoms with Crippen molar-refractivity contribution in [3.8, 4) is 0 Å². The quantitative estimate of drug-likeness (QED) is 0.647. The molecule has 1 fully saturated rings. The maximum absolute atomic E-state index is 11.3. The third kappa shape index (κ3) is 7.69. The van der Waals surface area contributed by atoms with E-state index in [2.05, 4.69) is 5.32 Å². The highest BCUT2D eigenvalue weighted by Gasteiger charge is 2.02. The van der Waals surface area contributed by atoms with E-state index in [0.29, 0.717) is 13.0 Å². The number of hydrogen-bond acceptors (Lipinski definition) is 3. The van der Waals surface area contributed by atoms with Crippen LogP contribution in [0.2, 0.25) is 0 Å². The van der Waals surface area contributed by atoms with Crippen LogP contribution >= 0.6 is 0 Å². The Morgan fingerprint density at radius 3 is 2.25 bits per heavy atom. The lowest BCUT2D eigenvalue weighted by Gasteiger charge is -2.05. The molecule has 1 aliphatic heterocycles. The molecule has 0 radical (unpaired) electrons. The van der Waals surface area contributed by atoms with E-state index in [0.717, 1.165) is 32.4 Å². The van der Waals surface area contributed by atoms with Crippen LogP contribution in [0.3, 0.4) is 0 Å². The van der Waals surface area contributed by atoms with Gasteiger partial charge in [0.2, 0.25) is 0 Å². The summed E-state index contributed by atoms with van der Waals surface area (Å²) in [6, 6.07) is 0. The summed E-state index contributed by atoms with van der Waals surface area (Å²) < 4.78 is 5.15. The van der Waals surface area contributed by atoms with Gasteiger partial charge in [0.1, 0.15) is 0 Å². The van der Waals surface area contributed by atoms with Crippen molar-refractivity contribution in [3.05, 3.63) is 0 Å². The van der Waals surface area contributed by atoms with E-state index in [1.54, 1.807) is 0 Å². The number of nitrogens with one attached hydrogen (secondary N) is 1. The number of rotatable bonds is 0. The van der Waals surface area contributed by atoms with Gasteiger partial charge in [-0.2, -0.15) is 0 Å². The molecule has 0 aromatic carbocycles. The molecule has 0 aliphatic carbocycles. The smallest absolute Gasteiger partial charge is 0.305 e. The molecule has 1 saturated heterocycles. The first kappa shape index (κ1) is 13.5. The Bertz CT molecular complexity index is 165. The molecule has 1 N–H and O–H groups in total. The molecule has 1 rings (SSSR count). The standard InChI is InChI=1S/C13H25NO2/c15-13-9-5-3-1-2-4-6-10-14-11-7-8-12-16-13/h14H,1-12H2. The molecule has 0 unspecified atom stereocenters. The van der Waals surface area contributed by atoms with Gasteiger partial charge < -0.3 is 10.1 Å². The maximum Gasteiger partial charge on any atom is 0.305 e. The molecule has 0 amide bonds. The van der Waals surface area contributed by atoms with Gasteiger partial charge >= 0.3 is 5.97 Å². The number of carbonyl (C=O) groups excluding carboxylic acids is 1. The number of esters is 1. The minimum Gasteiger partial charge on any atom is -0.466 e. The van der Waals surface area contributed by atoms with Crippen molar-refractivity contribution in [3.63, 3.8) is 0 Å². The van der Waals surface area contributed by atoms with Crippen LogP contribution in [-0.4, -0.2) is 25.7 Å². The van der Waals surface area contributed by atoms with Crippen molar-refractivity contribution < 1.29 is 9.53 Å². The minimum absolute atomic E-state index is 0.0113. The summed E-state index contributed by atoms with van der Waals surface area (Å²) in [4.78, 5) is 11.3. The van der Waals surface area contributed by atoms with Crippen LogP contribution < -0.4 is 5.32 Å². The zero-order chi connectivity index (χ0) is 11.5. The Morgan fingerprint density at radius 1 is 0.812 bits per heavy atom. The summed E-state index contributed by atoms with van der Waals surface area (Å²) >= 11 is 0. The molecule has 0 aromatic rings. The first-order chi connectivity index (χ1) is 7.89. The SMILES string of the molecule is O=C1CCCCCCCCNCCCCO1. The number of cyclic esters (lactones) is 1. The van der Waals surface area contributed by atoms with Crippen LogP contribution in [0.15, 0.2) is 0 Å². The molecule has 0 atom stereocenters. The van der Waals surface area contributed by atoms with Gasteiger partial charge in [0.25, 0.3) is 0 Å². The summed E-state index contributed by atoms with van der Waals surface area (Å²) in [5.41, 5.74) is 0. The molecular weight excluding hydrogens is 202 g/mol. The number of carbonyl (C=O) groups is 1. The van der Waals surface area contributed by atoms with E-state index in [4.69, 9.17) is 4.74 Å². The van der Waals surface area contributed by atoms with Gasteiger partial charge in [-0.3, -0.25) is 4.79 Å². The van der Waals surface area contributed by atoms with E-state index in [-0.39, 0.29) is 5.97 Å². The lowest BCUT2D eigenvalue weighted by atomic mass is 10.1. The van der Waals surface area contributed by atoms with Crippen molar-refractivity contribution in [2.75, 3.05) is 19.7 Å². The van der Waals surface area contributed by atoms with E-state index in [1.807, 2.05) is 0 Å². The molecular formula is C13H25NO2. The highest BCUT2D eigenvalue weighted by molar-refractivity contribution is 5.69. The maximum atomic E-state index is 11.3. The monoisotopic (exact) mass is 227 g/mol. The van der Waals surface area contributed by atoms with Crippen LogP contribution in [0.4, 0.5) is 0 Å². The number of hydrogen-bond donors (Lipinski definition) is 1. The number of ether oxygens (including phenoxy) is 1. The van der Waals surface area contributed by atoms with E-state index in [1.165, 1.54) is 32.1 Å². The lowest BCUT2D eigenvalue weighted by molar-refractivity contribution is -0.143. The van der Waals surface area contributed by atoms with Gasteiger partial charge in [0, 0.05) is 6.42 Å². The molecule has 1 heterocycles. The van der Waals surface area contributed by atoms with Crippen molar-refractivity contribution in [2.45, 2.75) is 57.8 Å². The lowest BCUT2D eigenvalue weighted by Crippen LogP contribution is -2.17. The van der Waals surface area contributed by atoms with Gasteiger partial charge in [0.05, 0.1) is 6.61 Å². The molecule has 0 spiro atoms. The predicted molar refractivity (Wildman–Crippen MR) is 65.4 cm³/mol. The third-order valence-corrected chi connectivity index (χ3v) is 3.00. The average molecular weight is 227 g/mol. The second kappa shape index (κ2) is 9.64. The molecule has 0 saturated carbocycles. The Hall–Kier alpha value is -0.570. The Balaban J connectivity index is 2.13. The molecule has 0 aromatic heterocycles. The van der Waals surface area contributed by atoms with E-state index in [9.17, 15) is 4.79 Å². The highest BCUT2D eigenvalue weighted by Crippen LogP contribution is 2.08. The first-order valence-corrected chi connectivity index (χ1v) is 6.76. The van der Waals surface area contributed by atoms with Crippen LogP contribution in [-0.2, 0) is 9.53 Å². The summed E-state index contributed by atoms with van der Waals surface area (Å²) in [5.74, 6) is -0.0113. The van der Waals surface area contributed by atoms with Crippen LogP contribution in [0.5, 0.6) is 0 Å². The highest BCUT2D eigenvalue weighted by atomic mass is 16.5. The third-order valence-electron chi connectivity index (χ3n) is 3.00. The van der Waals surface area contributed by atoms with Gasteiger partial charge in [-0.1, -0.05) is 25.7 Å². The van der Waals surface area contributed by atoms with Gasteiger partial charge in [-0.25, -0.2) is 0 Å². The summed E-state index contributed by atoms with van der Waals surface area (Å²) in [6.07, 6.45) is 10.0. The summed E-state index contributed by atoms with van der Waals surface area (Å²) in [7, 11) is 0. The fourth-order valence-corrected chi connectivity index (χ4v) is 1.96. The largest absolute Gasteiger partial charge is 0.466 e. The van der Waals surface area contributed by atoms with Crippen LogP contribution in [0.1, 0.15) is 57.8 Å². The van der Waals surface area contributed by atoms with Gasteiger partial charge in [-0.15, -0.1) is 0 Å². The molecule has 16 heavy (non-hydrogen) atoms. The Morgan fingerprint density at radius 2 is 1.44 bits per heavy atom. The Labute approximate surface area is 98.9 Å². The average Bonchev–Trinajstić information content (AvgIpc) is 2.29. The molecule has 94 valence electrons. The van der Waals surface area contributed by atoms with Crippen molar-refractivity contribution >= 4 is 5.97 Å². The predicted octanol–water partition coefficient (Wildman–Crippen LogP) is 2.64. The van der Waals surface area contributed by atoms with Crippen molar-refractivity contribution in [1.29, 1.82) is 0 Å². The van der Waals surface area contributed by atoms with Crippen LogP contribution in [0.25, 0.3) is 0 Å². The van der Waals surface area contributed by atoms with Crippen LogP contribution in [0, 0.1) is 0 Å². The topological polar surface area (TPSA) is 38.3 Å². The van der Waals surface area contributed by atoms with E-state index >= 15 is 0 Å². The summed E-state index contributed by atoms with van der Waals surface area (Å²) in [5, 5.41) is 3.43. The fourth-order valence-electron chi connectivity index (χ4n) is 1.96. The van der Waals surface area contributed by atoms with E-state index < -0.39 is 0 Å². The second-order valence-electron chi connectivity index (χ2n) is 4.55. The first-order valence-electron chi connectivity index (χ1n) is 6.76. The van der Waals surface area contributed by atoms with Crippen molar-refractivity contribution in [1.82, 2.24) is 5.32 Å². The van der Waals surface area contributed by atoms with Gasteiger partial charge in [-0.05, 0) is 38.8 Å². The normalized spacial score (nSPS) is 22.9. The Kier molecular flexibility index (Phi) is 8.13. The molecule has 1 aliphatic rings. The molecule has 0 bridgehead atoms. The minimum atomic E-state index is -0.0113. The van der Waals surface area contributed by atoms with Gasteiger partial charge in [0.15, 0.2) is 0 Å².